The molecule has 2 aromatic rings. The first-order valence-corrected chi connectivity index (χ1v) is 10.8. The Bertz CT molecular complexity index is 1040. The summed E-state index contributed by atoms with van der Waals surface area (Å²) in [6.07, 6.45) is 0.249. The first kappa shape index (κ1) is 23.2. The van der Waals surface area contributed by atoms with Gasteiger partial charge in [-0.25, -0.2) is 19.5 Å². The molecule has 1 aromatic carbocycles. The molecule has 0 radical (unpaired) electrons. The summed E-state index contributed by atoms with van der Waals surface area (Å²) in [5.41, 5.74) is 0.557. The molecular formula is C21H24N4O6S. The highest BCUT2D eigenvalue weighted by Gasteiger charge is 2.46. The van der Waals surface area contributed by atoms with E-state index in [0.717, 1.165) is 16.2 Å². The molecule has 0 spiro atoms. The van der Waals surface area contributed by atoms with Crippen LogP contribution in [0.4, 0.5) is 9.93 Å². The van der Waals surface area contributed by atoms with Crippen molar-refractivity contribution in [2.75, 3.05) is 19.5 Å². The van der Waals surface area contributed by atoms with Crippen molar-refractivity contribution in [3.05, 3.63) is 40.9 Å². The van der Waals surface area contributed by atoms with Gasteiger partial charge in [0.05, 0.1) is 14.2 Å². The number of benzene rings is 1. The van der Waals surface area contributed by atoms with E-state index in [-0.39, 0.29) is 23.2 Å². The Hall–Kier alpha value is -3.47. The Labute approximate surface area is 188 Å². The molecule has 2 atom stereocenters. The Morgan fingerprint density at radius 2 is 1.97 bits per heavy atom. The van der Waals surface area contributed by atoms with Gasteiger partial charge in [-0.05, 0) is 18.4 Å². The maximum absolute atomic E-state index is 13.2. The van der Waals surface area contributed by atoms with Gasteiger partial charge in [0.25, 0.3) is 5.91 Å². The van der Waals surface area contributed by atoms with Gasteiger partial charge in [0.1, 0.15) is 17.8 Å². The number of hydrogen-bond acceptors (Lipinski definition) is 8. The number of urea groups is 1. The number of hydrogen-bond donors (Lipinski definition) is 2. The number of imide groups is 1. The van der Waals surface area contributed by atoms with E-state index in [9.17, 15) is 19.2 Å². The Morgan fingerprint density at radius 3 is 2.62 bits per heavy atom. The summed E-state index contributed by atoms with van der Waals surface area (Å²) >= 11 is 1.04. The molecule has 1 aliphatic rings. The number of rotatable bonds is 8. The lowest BCUT2D eigenvalue weighted by Crippen LogP contribution is -2.48. The quantitative estimate of drug-likeness (QED) is 0.458. The fourth-order valence-electron chi connectivity index (χ4n) is 3.40. The zero-order valence-electron chi connectivity index (χ0n) is 18.1. The molecule has 2 heterocycles. The molecule has 2 unspecified atom stereocenters. The van der Waals surface area contributed by atoms with Gasteiger partial charge in [0.2, 0.25) is 5.91 Å². The van der Waals surface area contributed by atoms with E-state index in [1.807, 2.05) is 13.8 Å². The van der Waals surface area contributed by atoms with Crippen molar-refractivity contribution in [1.29, 1.82) is 0 Å². The molecule has 4 amide bonds. The van der Waals surface area contributed by atoms with Gasteiger partial charge in [0.15, 0.2) is 10.8 Å². The van der Waals surface area contributed by atoms with Crippen LogP contribution in [0.5, 0.6) is 5.75 Å². The van der Waals surface area contributed by atoms with Crippen molar-refractivity contribution in [2.24, 2.45) is 5.92 Å². The summed E-state index contributed by atoms with van der Waals surface area (Å²) < 4.78 is 9.93. The highest BCUT2D eigenvalue weighted by Crippen LogP contribution is 2.31. The second kappa shape index (κ2) is 9.77. The molecular weight excluding hydrogens is 436 g/mol. The number of para-hydroxylation sites is 1. The summed E-state index contributed by atoms with van der Waals surface area (Å²) in [6.45, 7) is 3.77. The average Bonchev–Trinajstić information content (AvgIpc) is 3.35. The number of anilines is 1. The molecule has 0 aliphatic carbocycles. The van der Waals surface area contributed by atoms with E-state index in [0.29, 0.717) is 11.3 Å². The van der Waals surface area contributed by atoms with Crippen molar-refractivity contribution in [2.45, 2.75) is 32.4 Å². The molecule has 0 bridgehead atoms. The first-order chi connectivity index (χ1) is 15.3. The largest absolute Gasteiger partial charge is 0.496 e. The number of ether oxygens (including phenoxy) is 2. The average molecular weight is 461 g/mol. The fourth-order valence-corrected chi connectivity index (χ4v) is 4.08. The summed E-state index contributed by atoms with van der Waals surface area (Å²) in [5.74, 6) is -1.29. The normalized spacial score (nSPS) is 16.7. The summed E-state index contributed by atoms with van der Waals surface area (Å²) in [5, 5.41) is 6.86. The molecule has 2 N–H and O–H groups in total. The Balaban J connectivity index is 1.85. The minimum Gasteiger partial charge on any atom is -0.496 e. The maximum Gasteiger partial charge on any atom is 0.357 e. The maximum atomic E-state index is 13.2. The second-order valence-corrected chi connectivity index (χ2v) is 8.35. The van der Waals surface area contributed by atoms with Crippen LogP contribution in [0.3, 0.4) is 0 Å². The standard InChI is InChI=1S/C21H24N4O6S/c1-11(2)9-14(17(26)24-20-22-13(10-32-20)19(28)31-4)25-18(27)16(23-21(25)29)12-7-5-6-8-15(12)30-3/h5-8,10-11,14,16H,9H2,1-4H3,(H,23,29)(H,22,24,26). The van der Waals surface area contributed by atoms with E-state index in [1.54, 1.807) is 24.3 Å². The fraction of sp³-hybridized carbons (Fsp3) is 0.381. The molecule has 1 fully saturated rings. The van der Waals surface area contributed by atoms with E-state index in [2.05, 4.69) is 20.4 Å². The highest BCUT2D eigenvalue weighted by molar-refractivity contribution is 7.14. The molecule has 1 aliphatic heterocycles. The molecule has 32 heavy (non-hydrogen) atoms. The van der Waals surface area contributed by atoms with Gasteiger partial charge in [-0.3, -0.25) is 9.59 Å². The lowest BCUT2D eigenvalue weighted by Gasteiger charge is -2.25. The van der Waals surface area contributed by atoms with Gasteiger partial charge in [0, 0.05) is 10.9 Å². The number of thiazole rings is 1. The predicted octanol–water partition coefficient (Wildman–Crippen LogP) is 2.58. The van der Waals surface area contributed by atoms with Crippen LogP contribution in [0.2, 0.25) is 0 Å². The van der Waals surface area contributed by atoms with Crippen LogP contribution in [0.25, 0.3) is 0 Å². The summed E-state index contributed by atoms with van der Waals surface area (Å²) in [7, 11) is 2.71. The zero-order valence-corrected chi connectivity index (χ0v) is 18.9. The van der Waals surface area contributed by atoms with Crippen molar-refractivity contribution in [3.63, 3.8) is 0 Å². The van der Waals surface area contributed by atoms with Crippen molar-refractivity contribution < 1.29 is 28.7 Å². The lowest BCUT2D eigenvalue weighted by atomic mass is 10.0. The highest BCUT2D eigenvalue weighted by atomic mass is 32.1. The molecule has 1 aromatic heterocycles. The van der Waals surface area contributed by atoms with E-state index < -0.39 is 35.9 Å². The third-order valence-corrected chi connectivity index (χ3v) is 5.62. The summed E-state index contributed by atoms with van der Waals surface area (Å²) in [4.78, 5) is 55.7. The number of esters is 1. The predicted molar refractivity (Wildman–Crippen MR) is 116 cm³/mol. The van der Waals surface area contributed by atoms with Gasteiger partial charge in [-0.15, -0.1) is 11.3 Å². The van der Waals surface area contributed by atoms with Gasteiger partial charge in [-0.1, -0.05) is 32.0 Å². The van der Waals surface area contributed by atoms with Crippen LogP contribution >= 0.6 is 11.3 Å². The van der Waals surface area contributed by atoms with Crippen LogP contribution in [0.1, 0.15) is 42.4 Å². The summed E-state index contributed by atoms with van der Waals surface area (Å²) in [6, 6.07) is 4.18. The van der Waals surface area contributed by atoms with Gasteiger partial charge >= 0.3 is 12.0 Å². The van der Waals surface area contributed by atoms with Crippen LogP contribution in [0.15, 0.2) is 29.6 Å². The number of nitrogens with zero attached hydrogens (tertiary/aromatic N) is 2. The van der Waals surface area contributed by atoms with Crippen LogP contribution in [-0.2, 0) is 14.3 Å². The number of methoxy groups -OCH3 is 2. The van der Waals surface area contributed by atoms with Crippen LogP contribution in [0, 0.1) is 5.92 Å². The number of nitrogens with one attached hydrogen (secondary N) is 2. The van der Waals surface area contributed by atoms with Gasteiger partial charge in [-0.2, -0.15) is 0 Å². The smallest absolute Gasteiger partial charge is 0.357 e. The molecule has 1 saturated heterocycles. The molecule has 11 heteroatoms. The van der Waals surface area contributed by atoms with Crippen LogP contribution < -0.4 is 15.4 Å². The van der Waals surface area contributed by atoms with Crippen molar-refractivity contribution >= 4 is 40.3 Å². The number of carbonyl (C=O) groups is 4. The number of aromatic nitrogens is 1. The van der Waals surface area contributed by atoms with Crippen molar-refractivity contribution in [1.82, 2.24) is 15.2 Å². The third kappa shape index (κ3) is 4.72. The molecule has 10 nitrogen and oxygen atoms in total. The third-order valence-electron chi connectivity index (χ3n) is 4.86. The minimum absolute atomic E-state index is 0.0126. The monoisotopic (exact) mass is 460 g/mol. The molecule has 170 valence electrons. The zero-order chi connectivity index (χ0) is 23.4. The van der Waals surface area contributed by atoms with Gasteiger partial charge < -0.3 is 20.1 Å². The van der Waals surface area contributed by atoms with E-state index in [4.69, 9.17) is 4.74 Å². The Kier molecular flexibility index (Phi) is 7.08. The van der Waals surface area contributed by atoms with E-state index in [1.165, 1.54) is 19.6 Å². The SMILES string of the molecule is COC(=O)c1csc(NC(=O)C(CC(C)C)N2C(=O)NC(c3ccccc3OC)C2=O)n1. The number of carbonyl (C=O) groups excluding carboxylic acids is 4. The first-order valence-electron chi connectivity index (χ1n) is 9.88. The Morgan fingerprint density at radius 1 is 1.25 bits per heavy atom. The van der Waals surface area contributed by atoms with Crippen LogP contribution in [-0.4, -0.2) is 54.0 Å². The minimum atomic E-state index is -1.06. The topological polar surface area (TPSA) is 127 Å². The molecule has 3 rings (SSSR count). The van der Waals surface area contributed by atoms with Crippen molar-refractivity contribution in [3.8, 4) is 5.75 Å². The lowest BCUT2D eigenvalue weighted by molar-refractivity contribution is -0.134. The van der Waals surface area contributed by atoms with E-state index >= 15 is 0 Å². The molecule has 0 saturated carbocycles. The number of amides is 4. The second-order valence-electron chi connectivity index (χ2n) is 7.50.